The van der Waals surface area contributed by atoms with Crippen LogP contribution in [0.3, 0.4) is 0 Å². The molecule has 0 bridgehead atoms. The summed E-state index contributed by atoms with van der Waals surface area (Å²) in [5, 5.41) is 0. The Kier molecular flexibility index (Phi) is 8.90. The molecule has 0 saturated carbocycles. The molecule has 0 amide bonds. The summed E-state index contributed by atoms with van der Waals surface area (Å²) >= 11 is -0.350. The van der Waals surface area contributed by atoms with Crippen molar-refractivity contribution >= 4 is 38.5 Å². The molecule has 0 aromatic heterocycles. The van der Waals surface area contributed by atoms with Crippen molar-refractivity contribution in [2.75, 3.05) is 13.2 Å². The van der Waals surface area contributed by atoms with Crippen molar-refractivity contribution in [1.82, 2.24) is 0 Å². The van der Waals surface area contributed by atoms with Gasteiger partial charge in [0.25, 0.3) is 5.97 Å². The molecule has 0 aliphatic carbocycles. The molecular weight excluding hydrogens is 178 g/mol. The number of hydrogen-bond acceptors (Lipinski definition) is 4. The maximum Gasteiger partial charge on any atom is 0.711 e. The number of hydrogen-bond donors (Lipinski definition) is 0. The maximum absolute atomic E-state index is 10.7. The van der Waals surface area contributed by atoms with Crippen molar-refractivity contribution in [3.8, 4) is 0 Å². The van der Waals surface area contributed by atoms with Gasteiger partial charge in [0.1, 0.15) is 0 Å². The Morgan fingerprint density at radius 2 is 2.36 bits per heavy atom. The minimum absolute atomic E-state index is 0.207. The summed E-state index contributed by atoms with van der Waals surface area (Å²) in [6.07, 6.45) is 0.339. The van der Waals surface area contributed by atoms with Crippen LogP contribution < -0.4 is 0 Å². The topological polar surface area (TPSA) is 44.8 Å². The van der Waals surface area contributed by atoms with E-state index in [2.05, 4.69) is 0 Å². The van der Waals surface area contributed by atoms with Gasteiger partial charge in [-0.15, -0.1) is 0 Å². The molecule has 0 rings (SSSR count). The molecule has 11 heavy (non-hydrogen) atoms. The quantitative estimate of drug-likeness (QED) is 0.389. The molecular formula is C5H12Al2O4. The van der Waals surface area contributed by atoms with Gasteiger partial charge < -0.3 is 11.4 Å². The predicted molar refractivity (Wildman–Crippen MR) is 44.0 cm³/mol. The fourth-order valence-corrected chi connectivity index (χ4v) is 1.24. The van der Waals surface area contributed by atoms with Crippen LogP contribution in [0.2, 0.25) is 0 Å². The summed E-state index contributed by atoms with van der Waals surface area (Å²) in [4.78, 5) is 10.7. The summed E-state index contributed by atoms with van der Waals surface area (Å²) in [5.41, 5.74) is 0. The molecule has 62 valence electrons. The van der Waals surface area contributed by atoms with Gasteiger partial charge in [-0.3, -0.25) is 4.79 Å². The van der Waals surface area contributed by atoms with Crippen LogP contribution in [0.15, 0.2) is 0 Å². The van der Waals surface area contributed by atoms with Crippen molar-refractivity contribution in [3.05, 3.63) is 0 Å². The zero-order valence-electron chi connectivity index (χ0n) is 6.96. The average Bonchev–Trinajstić information content (AvgIpc) is 2.01. The number of rotatable bonds is 6. The number of ether oxygens (including phenoxy) is 1. The second kappa shape index (κ2) is 8.55. The fourth-order valence-electron chi connectivity index (χ4n) is 0.497. The molecule has 0 atom stereocenters. The largest absolute Gasteiger partial charge is 0.711 e. The van der Waals surface area contributed by atoms with E-state index in [9.17, 15) is 4.79 Å². The second-order valence-electron chi connectivity index (χ2n) is 1.87. The molecule has 0 radical (unpaired) electrons. The zero-order chi connectivity index (χ0) is 8.53. The first-order valence-electron chi connectivity index (χ1n) is 3.53. The van der Waals surface area contributed by atoms with Crippen LogP contribution >= 0.6 is 0 Å². The molecule has 0 aliphatic heterocycles. The Morgan fingerprint density at radius 1 is 1.64 bits per heavy atom. The van der Waals surface area contributed by atoms with Gasteiger partial charge in [-0.25, -0.2) is 0 Å². The van der Waals surface area contributed by atoms with Crippen LogP contribution in [0.4, 0.5) is 0 Å². The lowest BCUT2D eigenvalue weighted by Crippen LogP contribution is -2.12. The van der Waals surface area contributed by atoms with E-state index in [0.717, 1.165) is 0 Å². The Hall–Kier alpha value is 0.455. The van der Waals surface area contributed by atoms with E-state index in [-0.39, 0.29) is 5.97 Å². The molecule has 0 heterocycles. The molecule has 0 saturated heterocycles. The Balaban J connectivity index is 3.09. The lowest BCUT2D eigenvalue weighted by molar-refractivity contribution is -0.136. The van der Waals surface area contributed by atoms with E-state index in [0.29, 0.717) is 36.3 Å². The summed E-state index contributed by atoms with van der Waals surface area (Å²) < 4.78 is 14.5. The van der Waals surface area contributed by atoms with E-state index in [1.165, 1.54) is 0 Å². The summed E-state index contributed by atoms with van der Waals surface area (Å²) in [7, 11) is 0. The molecule has 0 fully saturated rings. The van der Waals surface area contributed by atoms with Gasteiger partial charge in [0.15, 0.2) is 0 Å². The van der Waals surface area contributed by atoms with Gasteiger partial charge in [-0.1, -0.05) is 0 Å². The van der Waals surface area contributed by atoms with Crippen LogP contribution in [-0.4, -0.2) is 51.7 Å². The maximum atomic E-state index is 10.7. The SMILES string of the molecule is CCOCCC(=O)[O][AlH][O][AlH2]. The highest BCUT2D eigenvalue weighted by atomic mass is 27.2. The zero-order valence-corrected chi connectivity index (χ0v) is 10.4. The average molecular weight is 190 g/mol. The van der Waals surface area contributed by atoms with Crippen molar-refractivity contribution in [2.45, 2.75) is 13.3 Å². The van der Waals surface area contributed by atoms with Crippen LogP contribution in [0, 0.1) is 0 Å². The van der Waals surface area contributed by atoms with Crippen molar-refractivity contribution < 1.29 is 16.2 Å². The minimum Gasteiger partial charge on any atom is -0.612 e. The standard InChI is InChI=1S/C5H10O3.2Al.O.3H/c1-2-8-4-3-5(6)7;;;;;;/h2-4H2,1H3,(H,6,7);;;;;;/q;;+1;;;;/p-1. The molecule has 6 heteroatoms. The first kappa shape index (κ1) is 11.5. The summed E-state index contributed by atoms with van der Waals surface area (Å²) in [6, 6.07) is 0. The van der Waals surface area contributed by atoms with E-state index in [1.54, 1.807) is 0 Å². The smallest absolute Gasteiger partial charge is 0.612 e. The third-order valence-corrected chi connectivity index (χ3v) is 2.38. The van der Waals surface area contributed by atoms with E-state index in [4.69, 9.17) is 11.4 Å². The number of carbonyl (C=O) groups is 1. The molecule has 0 unspecified atom stereocenters. The molecule has 0 N–H and O–H groups in total. The van der Waals surface area contributed by atoms with Crippen LogP contribution in [-0.2, 0) is 16.2 Å². The van der Waals surface area contributed by atoms with E-state index >= 15 is 0 Å². The highest BCUT2D eigenvalue weighted by molar-refractivity contribution is 6.30. The Labute approximate surface area is 81.3 Å². The first-order valence-corrected chi connectivity index (χ1v) is 5.50. The highest BCUT2D eigenvalue weighted by Crippen LogP contribution is 1.86. The van der Waals surface area contributed by atoms with Gasteiger partial charge in [-0.05, 0) is 6.92 Å². The van der Waals surface area contributed by atoms with Crippen molar-refractivity contribution in [1.29, 1.82) is 0 Å². The van der Waals surface area contributed by atoms with Gasteiger partial charge in [0, 0.05) is 6.61 Å². The Bertz CT molecular complexity index is 109. The van der Waals surface area contributed by atoms with E-state index < -0.39 is 15.9 Å². The molecule has 0 aromatic rings. The summed E-state index contributed by atoms with van der Waals surface area (Å²) in [6.45, 7) is 2.98. The predicted octanol–water partition coefficient (Wildman–Crippen LogP) is -1.21. The first-order chi connectivity index (χ1) is 5.31. The molecule has 0 aromatic carbocycles. The Morgan fingerprint density at radius 3 is 2.91 bits per heavy atom. The van der Waals surface area contributed by atoms with Crippen LogP contribution in [0.5, 0.6) is 0 Å². The van der Waals surface area contributed by atoms with Gasteiger partial charge >= 0.3 is 32.5 Å². The van der Waals surface area contributed by atoms with E-state index in [1.807, 2.05) is 6.92 Å². The lowest BCUT2D eigenvalue weighted by atomic mass is 10.5. The third kappa shape index (κ3) is 8.36. The molecule has 4 nitrogen and oxygen atoms in total. The lowest BCUT2D eigenvalue weighted by Gasteiger charge is -2.03. The monoisotopic (exact) mass is 190 g/mol. The minimum atomic E-state index is -1.00. The van der Waals surface area contributed by atoms with Crippen LogP contribution in [0.25, 0.3) is 0 Å². The molecule has 0 aliphatic rings. The third-order valence-electron chi connectivity index (χ3n) is 0.992. The second-order valence-corrected chi connectivity index (χ2v) is 4.70. The number of carbonyl (C=O) groups excluding carboxylic acids is 1. The summed E-state index contributed by atoms with van der Waals surface area (Å²) in [5.74, 6) is -0.207. The van der Waals surface area contributed by atoms with Crippen LogP contribution in [0.1, 0.15) is 13.3 Å². The fraction of sp³-hybridized carbons (Fsp3) is 0.800. The normalized spacial score (nSPS) is 9.18. The van der Waals surface area contributed by atoms with Crippen molar-refractivity contribution in [3.63, 3.8) is 0 Å². The van der Waals surface area contributed by atoms with Gasteiger partial charge in [-0.2, -0.15) is 0 Å². The highest BCUT2D eigenvalue weighted by Gasteiger charge is 2.03. The molecule has 0 spiro atoms. The van der Waals surface area contributed by atoms with Crippen molar-refractivity contribution in [2.24, 2.45) is 0 Å². The van der Waals surface area contributed by atoms with Gasteiger partial charge in [0.05, 0.1) is 13.0 Å². The van der Waals surface area contributed by atoms with Gasteiger partial charge in [0.2, 0.25) is 0 Å².